The number of hydrogen-bond donors (Lipinski definition) is 0. The Kier molecular flexibility index (Phi) is 6.72. The molecular formula is C33H29N3. The van der Waals surface area contributed by atoms with E-state index in [2.05, 4.69) is 133 Å². The largest absolute Gasteiger partial charge is 0.311 e. The maximum Gasteiger partial charge on any atom is 0.0892 e. The molecule has 0 saturated heterocycles. The van der Waals surface area contributed by atoms with E-state index >= 15 is 0 Å². The van der Waals surface area contributed by atoms with Gasteiger partial charge in [-0.3, -0.25) is 9.97 Å². The minimum atomic E-state index is 0.878. The molecule has 0 fully saturated rings. The van der Waals surface area contributed by atoms with Crippen LogP contribution in [0.5, 0.6) is 0 Å². The van der Waals surface area contributed by atoms with Gasteiger partial charge in [-0.15, -0.1) is 0 Å². The smallest absolute Gasteiger partial charge is 0.0892 e. The van der Waals surface area contributed by atoms with E-state index in [1.807, 2.05) is 24.5 Å². The third-order valence-electron chi connectivity index (χ3n) is 6.17. The number of aryl methyl sites for hydroxylation is 3. The Balaban J connectivity index is 1.41. The summed E-state index contributed by atoms with van der Waals surface area (Å²) in [6.07, 6.45) is 7.92. The maximum atomic E-state index is 4.50. The average molecular weight is 468 g/mol. The van der Waals surface area contributed by atoms with Crippen molar-refractivity contribution >= 4 is 29.2 Å². The van der Waals surface area contributed by atoms with Crippen molar-refractivity contribution in [3.05, 3.63) is 137 Å². The molecule has 3 heteroatoms. The highest BCUT2D eigenvalue weighted by atomic mass is 15.1. The van der Waals surface area contributed by atoms with Crippen LogP contribution in [-0.4, -0.2) is 9.97 Å². The van der Waals surface area contributed by atoms with Crippen LogP contribution in [0.2, 0.25) is 0 Å². The van der Waals surface area contributed by atoms with Gasteiger partial charge < -0.3 is 4.90 Å². The summed E-state index contributed by atoms with van der Waals surface area (Å²) in [5.74, 6) is 0. The van der Waals surface area contributed by atoms with Crippen molar-refractivity contribution in [2.45, 2.75) is 20.8 Å². The number of hydrogen-bond acceptors (Lipinski definition) is 3. The van der Waals surface area contributed by atoms with E-state index in [0.717, 1.165) is 39.6 Å². The third kappa shape index (κ3) is 5.42. The van der Waals surface area contributed by atoms with E-state index in [0.29, 0.717) is 0 Å². The quantitative estimate of drug-likeness (QED) is 0.250. The predicted octanol–water partition coefficient (Wildman–Crippen LogP) is 8.71. The van der Waals surface area contributed by atoms with Gasteiger partial charge in [0.1, 0.15) is 0 Å². The van der Waals surface area contributed by atoms with Crippen molar-refractivity contribution in [3.63, 3.8) is 0 Å². The first-order valence-corrected chi connectivity index (χ1v) is 12.2. The van der Waals surface area contributed by atoms with Crippen molar-refractivity contribution in [2.75, 3.05) is 4.90 Å². The van der Waals surface area contributed by atoms with E-state index < -0.39 is 0 Å². The van der Waals surface area contributed by atoms with Gasteiger partial charge in [0.25, 0.3) is 0 Å². The molecule has 2 heterocycles. The fraction of sp³-hybridized carbons (Fsp3) is 0.0909. The lowest BCUT2D eigenvalue weighted by Gasteiger charge is -2.25. The molecule has 0 saturated carbocycles. The van der Waals surface area contributed by atoms with E-state index in [1.165, 1.54) is 16.7 Å². The number of rotatable bonds is 6. The highest BCUT2D eigenvalue weighted by Crippen LogP contribution is 2.35. The molecule has 5 rings (SSSR count). The summed E-state index contributed by atoms with van der Waals surface area (Å²) in [5.41, 5.74) is 11.1. The number of aromatic nitrogens is 2. The van der Waals surface area contributed by atoms with Crippen molar-refractivity contribution in [1.29, 1.82) is 0 Å². The van der Waals surface area contributed by atoms with Gasteiger partial charge in [-0.1, -0.05) is 59.7 Å². The zero-order valence-electron chi connectivity index (χ0n) is 20.9. The lowest BCUT2D eigenvalue weighted by Crippen LogP contribution is -2.09. The lowest BCUT2D eigenvalue weighted by atomic mass is 10.1. The summed E-state index contributed by atoms with van der Waals surface area (Å²) in [4.78, 5) is 11.3. The molecule has 0 aliphatic rings. The van der Waals surface area contributed by atoms with Crippen LogP contribution in [0.1, 0.15) is 27.8 Å². The Morgan fingerprint density at radius 2 is 0.944 bits per heavy atom. The maximum absolute atomic E-state index is 4.50. The fourth-order valence-corrected chi connectivity index (χ4v) is 4.13. The number of benzene rings is 3. The van der Waals surface area contributed by atoms with Crippen molar-refractivity contribution in [2.24, 2.45) is 0 Å². The predicted molar refractivity (Wildman–Crippen MR) is 152 cm³/mol. The molecule has 0 unspecified atom stereocenters. The molecule has 36 heavy (non-hydrogen) atoms. The van der Waals surface area contributed by atoms with Gasteiger partial charge in [-0.25, -0.2) is 0 Å². The van der Waals surface area contributed by atoms with Crippen LogP contribution in [0.4, 0.5) is 17.1 Å². The SMILES string of the molecule is Cc1ccc(N(c2ccc(C)cc2)c2ccc(/C=C/c3ccnc(-c4cc(C)ccn4)c3)cc2)cc1. The highest BCUT2D eigenvalue weighted by Gasteiger charge is 2.12. The van der Waals surface area contributed by atoms with Crippen LogP contribution in [0.25, 0.3) is 23.5 Å². The molecule has 0 bridgehead atoms. The molecule has 0 N–H and O–H groups in total. The highest BCUT2D eigenvalue weighted by molar-refractivity contribution is 5.78. The molecule has 0 amide bonds. The molecule has 0 radical (unpaired) electrons. The summed E-state index contributed by atoms with van der Waals surface area (Å²) < 4.78 is 0. The van der Waals surface area contributed by atoms with Crippen LogP contribution < -0.4 is 4.90 Å². The zero-order chi connectivity index (χ0) is 24.9. The Morgan fingerprint density at radius 1 is 0.472 bits per heavy atom. The monoisotopic (exact) mass is 467 g/mol. The second kappa shape index (κ2) is 10.4. The summed E-state index contributed by atoms with van der Waals surface area (Å²) >= 11 is 0. The molecule has 0 aliphatic carbocycles. The van der Waals surface area contributed by atoms with Gasteiger partial charge in [-0.2, -0.15) is 0 Å². The van der Waals surface area contributed by atoms with Crippen LogP contribution in [-0.2, 0) is 0 Å². The van der Waals surface area contributed by atoms with Crippen molar-refractivity contribution in [1.82, 2.24) is 9.97 Å². The molecule has 3 aromatic carbocycles. The summed E-state index contributed by atoms with van der Waals surface area (Å²) in [6.45, 7) is 6.30. The summed E-state index contributed by atoms with van der Waals surface area (Å²) in [7, 11) is 0. The molecule has 5 aromatic rings. The normalized spacial score (nSPS) is 11.1. The second-order valence-corrected chi connectivity index (χ2v) is 9.12. The Bertz CT molecular complexity index is 1440. The number of anilines is 3. The van der Waals surface area contributed by atoms with Crippen LogP contribution in [0.15, 0.2) is 109 Å². The minimum absolute atomic E-state index is 0.878. The standard InChI is InChI=1S/C33H29N3/c1-24-4-12-29(13-5-24)36(30-14-6-25(2)7-15-30)31-16-10-27(11-17-31)8-9-28-19-21-35-33(23-28)32-22-26(3)18-20-34-32/h4-23H,1-3H3/b9-8+. The third-order valence-corrected chi connectivity index (χ3v) is 6.17. The minimum Gasteiger partial charge on any atom is -0.311 e. The first kappa shape index (κ1) is 23.3. The first-order chi connectivity index (χ1) is 17.5. The molecule has 176 valence electrons. The van der Waals surface area contributed by atoms with Crippen LogP contribution in [0.3, 0.4) is 0 Å². The van der Waals surface area contributed by atoms with E-state index in [9.17, 15) is 0 Å². The average Bonchev–Trinajstić information content (AvgIpc) is 2.91. The molecular weight excluding hydrogens is 438 g/mol. The second-order valence-electron chi connectivity index (χ2n) is 9.12. The molecule has 0 atom stereocenters. The zero-order valence-corrected chi connectivity index (χ0v) is 20.9. The van der Waals surface area contributed by atoms with Gasteiger partial charge in [0, 0.05) is 29.5 Å². The van der Waals surface area contributed by atoms with Gasteiger partial charge >= 0.3 is 0 Å². The molecule has 3 nitrogen and oxygen atoms in total. The van der Waals surface area contributed by atoms with Crippen LogP contribution >= 0.6 is 0 Å². The van der Waals surface area contributed by atoms with Crippen LogP contribution in [0, 0.1) is 20.8 Å². The van der Waals surface area contributed by atoms with E-state index in [-0.39, 0.29) is 0 Å². The van der Waals surface area contributed by atoms with Gasteiger partial charge in [0.15, 0.2) is 0 Å². The number of nitrogens with zero attached hydrogens (tertiary/aromatic N) is 3. The van der Waals surface area contributed by atoms with E-state index in [4.69, 9.17) is 0 Å². The molecule has 2 aromatic heterocycles. The molecule has 0 aliphatic heterocycles. The number of pyridine rings is 2. The summed E-state index contributed by atoms with van der Waals surface area (Å²) in [5, 5.41) is 0. The topological polar surface area (TPSA) is 29.0 Å². The van der Waals surface area contributed by atoms with Gasteiger partial charge in [0.2, 0.25) is 0 Å². The first-order valence-electron chi connectivity index (χ1n) is 12.2. The van der Waals surface area contributed by atoms with Gasteiger partial charge in [-0.05, 0) is 98.1 Å². The van der Waals surface area contributed by atoms with E-state index in [1.54, 1.807) is 0 Å². The lowest BCUT2D eigenvalue weighted by molar-refractivity contribution is 1.23. The summed E-state index contributed by atoms with van der Waals surface area (Å²) in [6, 6.07) is 34.1. The van der Waals surface area contributed by atoms with Gasteiger partial charge in [0.05, 0.1) is 11.4 Å². The Morgan fingerprint density at radius 3 is 1.50 bits per heavy atom. The Hall–Kier alpha value is -4.50. The Labute approximate surface area is 213 Å². The fourth-order valence-electron chi connectivity index (χ4n) is 4.13. The molecule has 0 spiro atoms. The van der Waals surface area contributed by atoms with Crippen molar-refractivity contribution < 1.29 is 0 Å². The van der Waals surface area contributed by atoms with Crippen molar-refractivity contribution in [3.8, 4) is 11.4 Å².